The van der Waals surface area contributed by atoms with Crippen LogP contribution in [0.3, 0.4) is 0 Å². The second-order valence-corrected chi connectivity index (χ2v) is 5.50. The Hall–Kier alpha value is -0.160. The molecule has 0 fully saturated rings. The molecule has 4 nitrogen and oxygen atoms in total. The van der Waals surface area contributed by atoms with Gasteiger partial charge in [0.25, 0.3) is 0 Å². The molecule has 17 heavy (non-hydrogen) atoms. The van der Waals surface area contributed by atoms with E-state index in [0.717, 1.165) is 19.4 Å². The summed E-state index contributed by atoms with van der Waals surface area (Å²) in [6.07, 6.45) is 1.76. The lowest BCUT2D eigenvalue weighted by Gasteiger charge is -2.29. The molecule has 0 spiro atoms. The first-order valence-electron chi connectivity index (χ1n) is 6.30. The molecule has 0 aromatic carbocycles. The molecular formula is C13H29NO3. The maximum absolute atomic E-state index is 5.86. The summed E-state index contributed by atoms with van der Waals surface area (Å²) >= 11 is 0. The van der Waals surface area contributed by atoms with Crippen LogP contribution in [0.25, 0.3) is 0 Å². The normalized spacial score (nSPS) is 13.1. The standard InChI is InChI=1S/C13H29NO3/c1-12(2,6-9-15-5)16-10-7-13(3,4)17-11-8-14/h6-11,14H2,1-5H3. The van der Waals surface area contributed by atoms with Crippen molar-refractivity contribution in [3.63, 3.8) is 0 Å². The summed E-state index contributed by atoms with van der Waals surface area (Å²) in [6.45, 7) is 10.9. The number of hydrogen-bond donors (Lipinski definition) is 1. The van der Waals surface area contributed by atoms with Gasteiger partial charge in [0.05, 0.1) is 24.4 Å². The first-order chi connectivity index (χ1) is 7.83. The molecule has 4 heteroatoms. The van der Waals surface area contributed by atoms with E-state index in [1.165, 1.54) is 0 Å². The SMILES string of the molecule is COCCC(C)(C)OCCC(C)(C)OCCN. The average Bonchev–Trinajstić information content (AvgIpc) is 2.23. The second kappa shape index (κ2) is 8.03. The minimum absolute atomic E-state index is 0.139. The van der Waals surface area contributed by atoms with Gasteiger partial charge in [-0.1, -0.05) is 0 Å². The maximum atomic E-state index is 5.86. The van der Waals surface area contributed by atoms with E-state index in [0.29, 0.717) is 19.8 Å². The van der Waals surface area contributed by atoms with Crippen LogP contribution in [0.2, 0.25) is 0 Å². The summed E-state index contributed by atoms with van der Waals surface area (Å²) in [4.78, 5) is 0. The van der Waals surface area contributed by atoms with Crippen molar-refractivity contribution < 1.29 is 14.2 Å². The maximum Gasteiger partial charge on any atom is 0.0649 e. The predicted octanol–water partition coefficient (Wildman–Crippen LogP) is 1.96. The Morgan fingerprint density at radius 3 is 1.76 bits per heavy atom. The molecule has 0 saturated carbocycles. The van der Waals surface area contributed by atoms with Crippen LogP contribution in [0.1, 0.15) is 40.5 Å². The highest BCUT2D eigenvalue weighted by atomic mass is 16.5. The Morgan fingerprint density at radius 1 is 0.824 bits per heavy atom. The van der Waals surface area contributed by atoms with Crippen LogP contribution in [-0.2, 0) is 14.2 Å². The lowest BCUT2D eigenvalue weighted by Crippen LogP contribution is -2.32. The van der Waals surface area contributed by atoms with Crippen LogP contribution < -0.4 is 5.73 Å². The number of rotatable bonds is 10. The van der Waals surface area contributed by atoms with E-state index in [4.69, 9.17) is 19.9 Å². The molecule has 0 aliphatic carbocycles. The van der Waals surface area contributed by atoms with Gasteiger partial charge in [0.15, 0.2) is 0 Å². The average molecular weight is 247 g/mol. The summed E-state index contributed by atoms with van der Waals surface area (Å²) in [5.74, 6) is 0. The molecular weight excluding hydrogens is 218 g/mol. The molecule has 0 radical (unpaired) electrons. The van der Waals surface area contributed by atoms with Crippen LogP contribution >= 0.6 is 0 Å². The Bertz CT molecular complexity index is 173. The van der Waals surface area contributed by atoms with Crippen LogP contribution in [0.4, 0.5) is 0 Å². The topological polar surface area (TPSA) is 53.7 Å². The number of hydrogen-bond acceptors (Lipinski definition) is 4. The summed E-state index contributed by atoms with van der Waals surface area (Å²) in [5, 5.41) is 0. The minimum Gasteiger partial charge on any atom is -0.385 e. The summed E-state index contributed by atoms with van der Waals surface area (Å²) in [5.41, 5.74) is 5.11. The Kier molecular flexibility index (Phi) is 7.96. The van der Waals surface area contributed by atoms with Crippen molar-refractivity contribution in [2.24, 2.45) is 5.73 Å². The zero-order chi connectivity index (χ0) is 13.4. The van der Waals surface area contributed by atoms with E-state index >= 15 is 0 Å². The van der Waals surface area contributed by atoms with Gasteiger partial charge in [-0.25, -0.2) is 0 Å². The number of methoxy groups -OCH3 is 1. The van der Waals surface area contributed by atoms with E-state index in [-0.39, 0.29) is 11.2 Å². The third-order valence-corrected chi connectivity index (χ3v) is 2.72. The lowest BCUT2D eigenvalue weighted by atomic mass is 10.0. The Balaban J connectivity index is 3.80. The Morgan fingerprint density at radius 2 is 1.29 bits per heavy atom. The van der Waals surface area contributed by atoms with Gasteiger partial charge in [-0.2, -0.15) is 0 Å². The molecule has 0 unspecified atom stereocenters. The molecule has 0 aromatic rings. The molecule has 0 aliphatic rings. The van der Waals surface area contributed by atoms with Crippen molar-refractivity contribution >= 4 is 0 Å². The molecule has 0 bridgehead atoms. The zero-order valence-electron chi connectivity index (χ0n) is 12.0. The quantitative estimate of drug-likeness (QED) is 0.641. The molecule has 0 heterocycles. The highest BCUT2D eigenvalue weighted by molar-refractivity contribution is 4.72. The first kappa shape index (κ1) is 16.8. The van der Waals surface area contributed by atoms with Crippen molar-refractivity contribution in [2.75, 3.05) is 33.5 Å². The third kappa shape index (κ3) is 9.53. The van der Waals surface area contributed by atoms with E-state index in [1.807, 2.05) is 0 Å². The van der Waals surface area contributed by atoms with Gasteiger partial charge in [0, 0.05) is 20.3 Å². The highest BCUT2D eigenvalue weighted by Crippen LogP contribution is 2.19. The van der Waals surface area contributed by atoms with Crippen molar-refractivity contribution in [1.82, 2.24) is 0 Å². The fourth-order valence-electron chi connectivity index (χ4n) is 1.40. The number of ether oxygens (including phenoxy) is 3. The molecule has 0 amide bonds. The molecule has 0 aliphatic heterocycles. The molecule has 2 N–H and O–H groups in total. The van der Waals surface area contributed by atoms with Crippen LogP contribution in [0.5, 0.6) is 0 Å². The summed E-state index contributed by atoms with van der Waals surface area (Å²) in [6, 6.07) is 0. The third-order valence-electron chi connectivity index (χ3n) is 2.72. The smallest absolute Gasteiger partial charge is 0.0649 e. The van der Waals surface area contributed by atoms with Gasteiger partial charge in [-0.15, -0.1) is 0 Å². The van der Waals surface area contributed by atoms with E-state index < -0.39 is 0 Å². The summed E-state index contributed by atoms with van der Waals surface area (Å²) in [7, 11) is 1.71. The van der Waals surface area contributed by atoms with Crippen LogP contribution in [0, 0.1) is 0 Å². The summed E-state index contributed by atoms with van der Waals surface area (Å²) < 4.78 is 16.6. The predicted molar refractivity (Wildman–Crippen MR) is 70.2 cm³/mol. The van der Waals surface area contributed by atoms with Gasteiger partial charge in [-0.05, 0) is 40.5 Å². The molecule has 0 atom stereocenters. The van der Waals surface area contributed by atoms with Gasteiger partial charge >= 0.3 is 0 Å². The Labute approximate surface area is 106 Å². The van der Waals surface area contributed by atoms with Gasteiger partial charge in [0.1, 0.15) is 0 Å². The van der Waals surface area contributed by atoms with Gasteiger partial charge in [0.2, 0.25) is 0 Å². The highest BCUT2D eigenvalue weighted by Gasteiger charge is 2.22. The van der Waals surface area contributed by atoms with Crippen molar-refractivity contribution in [3.8, 4) is 0 Å². The fourth-order valence-corrected chi connectivity index (χ4v) is 1.40. The van der Waals surface area contributed by atoms with E-state index in [1.54, 1.807) is 7.11 Å². The molecule has 0 saturated heterocycles. The lowest BCUT2D eigenvalue weighted by molar-refractivity contribution is -0.0774. The van der Waals surface area contributed by atoms with Crippen molar-refractivity contribution in [1.29, 1.82) is 0 Å². The van der Waals surface area contributed by atoms with Crippen molar-refractivity contribution in [2.45, 2.75) is 51.7 Å². The minimum atomic E-state index is -0.170. The second-order valence-electron chi connectivity index (χ2n) is 5.50. The number of nitrogens with two attached hydrogens (primary N) is 1. The van der Waals surface area contributed by atoms with E-state index in [2.05, 4.69) is 27.7 Å². The van der Waals surface area contributed by atoms with Gasteiger partial charge in [-0.3, -0.25) is 0 Å². The van der Waals surface area contributed by atoms with Crippen molar-refractivity contribution in [3.05, 3.63) is 0 Å². The molecule has 0 rings (SSSR count). The van der Waals surface area contributed by atoms with Crippen LogP contribution in [-0.4, -0.2) is 44.7 Å². The van der Waals surface area contributed by atoms with Crippen LogP contribution in [0.15, 0.2) is 0 Å². The fraction of sp³-hybridized carbons (Fsp3) is 1.00. The van der Waals surface area contributed by atoms with Gasteiger partial charge < -0.3 is 19.9 Å². The molecule has 0 aromatic heterocycles. The monoisotopic (exact) mass is 247 g/mol. The zero-order valence-corrected chi connectivity index (χ0v) is 12.0. The molecule has 104 valence electrons. The first-order valence-corrected chi connectivity index (χ1v) is 6.30. The van der Waals surface area contributed by atoms with E-state index in [9.17, 15) is 0 Å². The largest absolute Gasteiger partial charge is 0.385 e.